The molecule has 0 atom stereocenters. The lowest BCUT2D eigenvalue weighted by molar-refractivity contribution is 0.0740. The van der Waals surface area contributed by atoms with Crippen molar-refractivity contribution in [2.24, 2.45) is 10.8 Å². The summed E-state index contributed by atoms with van der Waals surface area (Å²) >= 11 is 6.99. The Bertz CT molecular complexity index is 2140. The highest BCUT2D eigenvalue weighted by Gasteiger charge is 2.29. The minimum atomic E-state index is -4.22. The molecule has 2 aromatic heterocycles. The van der Waals surface area contributed by atoms with Crippen molar-refractivity contribution in [3.8, 4) is 0 Å². The molecule has 0 radical (unpaired) electrons. The van der Waals surface area contributed by atoms with E-state index in [0.717, 1.165) is 28.0 Å². The topological polar surface area (TPSA) is 168 Å². The van der Waals surface area contributed by atoms with Gasteiger partial charge in [-0.3, -0.25) is 14.4 Å². The molecule has 2 aromatic carbocycles. The minimum absolute atomic E-state index is 0.00535. The van der Waals surface area contributed by atoms with Crippen molar-refractivity contribution in [1.82, 2.24) is 15.0 Å². The molecule has 0 aliphatic carbocycles. The van der Waals surface area contributed by atoms with Gasteiger partial charge in [-0.05, 0) is 91.3 Å². The first kappa shape index (κ1) is 44.0. The number of nitrogens with one attached hydrogen (secondary N) is 2. The van der Waals surface area contributed by atoms with E-state index in [9.17, 15) is 22.8 Å². The number of nitrogens with zero attached hydrogens (tertiary/aromatic N) is 3. The van der Waals surface area contributed by atoms with Crippen LogP contribution in [0.4, 0.5) is 17.3 Å². The molecule has 2 heterocycles. The zero-order valence-electron chi connectivity index (χ0n) is 33.4. The molecule has 54 heavy (non-hydrogen) atoms. The molecule has 15 heteroatoms. The van der Waals surface area contributed by atoms with Gasteiger partial charge in [-0.15, -0.1) is 11.3 Å². The van der Waals surface area contributed by atoms with E-state index in [1.807, 2.05) is 66.8 Å². The summed E-state index contributed by atoms with van der Waals surface area (Å²) in [6, 6.07) is 8.73. The van der Waals surface area contributed by atoms with Crippen LogP contribution in [-0.2, 0) is 10.0 Å². The highest BCUT2D eigenvalue weighted by atomic mass is 35.5. The number of carbonyl (C=O) groups is 3. The zero-order valence-corrected chi connectivity index (χ0v) is 35.8. The summed E-state index contributed by atoms with van der Waals surface area (Å²) < 4.78 is 33.2. The molecule has 0 aliphatic rings. The van der Waals surface area contributed by atoms with Gasteiger partial charge in [0.1, 0.15) is 20.5 Å². The molecule has 0 unspecified atom stereocenters. The Morgan fingerprint density at radius 2 is 1.35 bits per heavy atom. The molecule has 4 aromatic rings. The lowest BCUT2D eigenvalue weighted by Crippen LogP contribution is -2.35. The molecular formula is C39H53ClN6O6S2. The molecular weight excluding hydrogens is 748 g/mol. The van der Waals surface area contributed by atoms with E-state index in [4.69, 9.17) is 21.9 Å². The van der Waals surface area contributed by atoms with Crippen LogP contribution in [0.2, 0.25) is 5.02 Å². The standard InChI is InChI=1S/C24H29ClN4O5S2.C15H24N2O/c1-13-10-14(2)19(16(11-13)23(31)29(7)12-24(4,5)6)26-21(30)20-17(8-9-35-20)36(32,33)28-22-18(25)15(3)27-34-22;1-10-7-11(2)13(16)12(8-10)14(18)17(6)9-15(3,4)5/h8-11,28H,12H2,1-7H3,(H,26,30);7-8H,9,16H2,1-6H3. The summed E-state index contributed by atoms with van der Waals surface area (Å²) in [6.07, 6.45) is 0. The van der Waals surface area contributed by atoms with Gasteiger partial charge >= 0.3 is 0 Å². The van der Waals surface area contributed by atoms with Crippen LogP contribution in [0.25, 0.3) is 0 Å². The third kappa shape index (κ3) is 11.3. The second kappa shape index (κ2) is 17.0. The number of aryl methyl sites for hydroxylation is 5. The summed E-state index contributed by atoms with van der Waals surface area (Å²) in [5.41, 5.74) is 11.7. The normalized spacial score (nSPS) is 11.7. The molecule has 0 aliphatic heterocycles. The maximum atomic E-state index is 13.3. The Hall–Kier alpha value is -4.40. The number of nitrogens with two attached hydrogens (primary N) is 1. The highest BCUT2D eigenvalue weighted by molar-refractivity contribution is 7.93. The second-order valence-electron chi connectivity index (χ2n) is 16.1. The fourth-order valence-corrected chi connectivity index (χ4v) is 8.37. The van der Waals surface area contributed by atoms with Gasteiger partial charge in [0.25, 0.3) is 33.6 Å². The van der Waals surface area contributed by atoms with Crippen LogP contribution in [0.15, 0.2) is 45.1 Å². The number of aromatic nitrogens is 1. The van der Waals surface area contributed by atoms with Gasteiger partial charge in [0.05, 0.1) is 16.8 Å². The summed E-state index contributed by atoms with van der Waals surface area (Å²) in [4.78, 5) is 42.1. The number of nitrogen functional groups attached to an aromatic ring is 1. The van der Waals surface area contributed by atoms with E-state index < -0.39 is 15.9 Å². The number of sulfonamides is 1. The number of carbonyl (C=O) groups excluding carboxylic acids is 3. The van der Waals surface area contributed by atoms with Crippen LogP contribution in [0.5, 0.6) is 0 Å². The van der Waals surface area contributed by atoms with Crippen molar-refractivity contribution < 1.29 is 27.3 Å². The molecule has 4 N–H and O–H groups in total. The van der Waals surface area contributed by atoms with Gasteiger partial charge in [0.15, 0.2) is 0 Å². The predicted octanol–water partition coefficient (Wildman–Crippen LogP) is 8.49. The average Bonchev–Trinajstić information content (AvgIpc) is 3.65. The lowest BCUT2D eigenvalue weighted by Gasteiger charge is -2.27. The quantitative estimate of drug-likeness (QED) is 0.142. The summed E-state index contributed by atoms with van der Waals surface area (Å²) in [5.74, 6) is -1.15. The molecule has 294 valence electrons. The monoisotopic (exact) mass is 800 g/mol. The number of rotatable bonds is 9. The summed E-state index contributed by atoms with van der Waals surface area (Å²) in [6.45, 7) is 22.8. The van der Waals surface area contributed by atoms with Crippen molar-refractivity contribution in [2.75, 3.05) is 43.0 Å². The molecule has 0 bridgehead atoms. The van der Waals surface area contributed by atoms with Crippen LogP contribution in [-0.4, -0.2) is 68.3 Å². The number of benzene rings is 2. The maximum Gasteiger partial charge on any atom is 0.267 e. The number of hydrogen-bond acceptors (Lipinski definition) is 9. The van der Waals surface area contributed by atoms with Crippen molar-refractivity contribution in [1.29, 1.82) is 0 Å². The first-order chi connectivity index (χ1) is 24.7. The largest absolute Gasteiger partial charge is 0.398 e. The van der Waals surface area contributed by atoms with E-state index in [1.54, 1.807) is 36.8 Å². The van der Waals surface area contributed by atoms with E-state index in [0.29, 0.717) is 46.8 Å². The van der Waals surface area contributed by atoms with Crippen LogP contribution in [0.1, 0.15) is 99.9 Å². The van der Waals surface area contributed by atoms with Gasteiger partial charge in [-0.1, -0.05) is 70.4 Å². The summed E-state index contributed by atoms with van der Waals surface area (Å²) in [5, 5.41) is 7.91. The fraction of sp³-hybridized carbons (Fsp3) is 0.436. The minimum Gasteiger partial charge on any atom is -0.398 e. The van der Waals surface area contributed by atoms with Crippen molar-refractivity contribution in [2.45, 2.75) is 81.1 Å². The van der Waals surface area contributed by atoms with Gasteiger partial charge in [-0.2, -0.15) is 0 Å². The first-order valence-electron chi connectivity index (χ1n) is 17.2. The number of amides is 3. The van der Waals surface area contributed by atoms with Crippen LogP contribution in [0, 0.1) is 45.4 Å². The number of halogens is 1. The van der Waals surface area contributed by atoms with E-state index in [-0.39, 0.29) is 43.3 Å². The van der Waals surface area contributed by atoms with Crippen molar-refractivity contribution in [3.63, 3.8) is 0 Å². The molecule has 12 nitrogen and oxygen atoms in total. The third-order valence-corrected chi connectivity index (χ3v) is 10.8. The van der Waals surface area contributed by atoms with Crippen molar-refractivity contribution >= 4 is 67.9 Å². The smallest absolute Gasteiger partial charge is 0.267 e. The predicted molar refractivity (Wildman–Crippen MR) is 218 cm³/mol. The third-order valence-electron chi connectivity index (χ3n) is 7.97. The van der Waals surface area contributed by atoms with Crippen LogP contribution in [0.3, 0.4) is 0 Å². The van der Waals surface area contributed by atoms with Crippen molar-refractivity contribution in [3.05, 3.63) is 84.7 Å². The Morgan fingerprint density at radius 1 is 0.852 bits per heavy atom. The average molecular weight is 801 g/mol. The molecule has 0 fully saturated rings. The van der Waals surface area contributed by atoms with Crippen LogP contribution >= 0.6 is 22.9 Å². The van der Waals surface area contributed by atoms with Gasteiger partial charge in [-0.25, -0.2) is 13.1 Å². The highest BCUT2D eigenvalue weighted by Crippen LogP contribution is 2.32. The van der Waals surface area contributed by atoms with E-state index in [1.165, 1.54) is 11.4 Å². The first-order valence-corrected chi connectivity index (χ1v) is 20.0. The van der Waals surface area contributed by atoms with Gasteiger partial charge in [0.2, 0.25) is 0 Å². The fourth-order valence-electron chi connectivity index (χ4n) is 5.88. The Morgan fingerprint density at radius 3 is 1.85 bits per heavy atom. The molecule has 3 amide bonds. The number of hydrogen-bond donors (Lipinski definition) is 3. The van der Waals surface area contributed by atoms with Crippen LogP contribution < -0.4 is 15.8 Å². The van der Waals surface area contributed by atoms with E-state index >= 15 is 0 Å². The number of anilines is 3. The van der Waals surface area contributed by atoms with Gasteiger partial charge < -0.3 is 25.4 Å². The van der Waals surface area contributed by atoms with E-state index in [2.05, 4.69) is 36.0 Å². The number of thiophene rings is 1. The molecule has 0 saturated heterocycles. The molecule has 4 rings (SSSR count). The van der Waals surface area contributed by atoms with Gasteiger partial charge in [0, 0.05) is 32.9 Å². The second-order valence-corrected chi connectivity index (χ2v) is 19.0. The Kier molecular flexibility index (Phi) is 13.8. The maximum absolute atomic E-state index is 13.3. The SMILES string of the molecule is Cc1cc(C)c(N)c(C(=O)N(C)CC(C)(C)C)c1.Cc1cc(C)c(NC(=O)c2sccc2S(=O)(=O)Nc2onc(C)c2Cl)c(C(=O)N(C)CC(C)(C)C)c1. The Labute approximate surface area is 328 Å². The lowest BCUT2D eigenvalue weighted by atomic mass is 9.95. The summed E-state index contributed by atoms with van der Waals surface area (Å²) in [7, 11) is -0.683. The Balaban J connectivity index is 0.000000366. The molecule has 0 spiro atoms. The zero-order chi connectivity index (χ0) is 41.1. The molecule has 0 saturated carbocycles.